The average Bonchev–Trinajstić information content (AvgIpc) is 3.21. The summed E-state index contributed by atoms with van der Waals surface area (Å²) < 4.78 is 42.8. The van der Waals surface area contributed by atoms with Crippen LogP contribution in [0, 0.1) is 22.6 Å². The molecule has 2 atom stereocenters. The molecule has 5 heterocycles. The summed E-state index contributed by atoms with van der Waals surface area (Å²) in [5.74, 6) is -0.170. The molecule has 7 rings (SSSR count). The number of nitrogens with one attached hydrogen (secondary N) is 1. The number of nitrogens with zero attached hydrogens (tertiary/aromatic N) is 4. The summed E-state index contributed by atoms with van der Waals surface area (Å²) >= 11 is 3.63. The van der Waals surface area contributed by atoms with Gasteiger partial charge in [-0.15, -0.1) is 0 Å². The number of aliphatic imine (C=N–C) groups is 1. The Morgan fingerprint density at radius 3 is 2.66 bits per heavy atom. The molecule has 1 aromatic heterocycles. The molecule has 4 aliphatic rings. The molecule has 2 fully saturated rings. The van der Waals surface area contributed by atoms with Crippen LogP contribution in [0.15, 0.2) is 89.4 Å². The van der Waals surface area contributed by atoms with Crippen molar-refractivity contribution in [3.05, 3.63) is 90.2 Å². The lowest BCUT2D eigenvalue weighted by atomic mass is 9.80. The number of hydrogen-bond donors (Lipinski definition) is 2. The average molecular weight is 828 g/mol. The monoisotopic (exact) mass is 826 g/mol. The zero-order chi connectivity index (χ0) is 39.3. The summed E-state index contributed by atoms with van der Waals surface area (Å²) in [6, 6.07) is 14.0. The largest absolute Gasteiger partial charge is 0.493 e. The lowest BCUT2D eigenvalue weighted by Crippen LogP contribution is -2.51. The number of ketones is 1. The smallest absolute Gasteiger partial charge is 0.247 e. The highest BCUT2D eigenvalue weighted by Crippen LogP contribution is 2.39. The van der Waals surface area contributed by atoms with Gasteiger partial charge in [-0.3, -0.25) is 14.6 Å². The van der Waals surface area contributed by atoms with E-state index in [0.29, 0.717) is 86.4 Å². The standard InChI is InChI=1S/C41H40BrFN6O7/c1-52-37-17-26(2-5-36(37)56-22-29-21-54-14-15-55-29)27-16-31(38(45)47-19-27)30-4-3-28(18-33(30)43)48-39(51)41(42)8-6-34(32-20-46-11-7-35(32)50)49(25-41)24-40(23-44)9-12-53-13-10-40/h2-8,11,16-20,29H,9-10,12-15,21-22,24-25H2,1H3,(H2,45,47)(H,48,51)/t29-,41?/m1/s1. The molecule has 0 saturated carbocycles. The van der Waals surface area contributed by atoms with E-state index in [1.54, 1.807) is 49.7 Å². The van der Waals surface area contributed by atoms with Gasteiger partial charge in [0.25, 0.3) is 0 Å². The third-order valence-electron chi connectivity index (χ3n) is 10.1. The second-order valence-electron chi connectivity index (χ2n) is 13.9. The number of halogens is 2. The summed E-state index contributed by atoms with van der Waals surface area (Å²) in [6.45, 7) is 3.06. The Kier molecular flexibility index (Phi) is 11.6. The second-order valence-corrected chi connectivity index (χ2v) is 15.3. The van der Waals surface area contributed by atoms with Crippen molar-refractivity contribution in [1.29, 1.82) is 5.26 Å². The van der Waals surface area contributed by atoms with Gasteiger partial charge in [-0.1, -0.05) is 28.1 Å². The number of amides is 1. The minimum absolute atomic E-state index is 0.0840. The summed E-state index contributed by atoms with van der Waals surface area (Å²) in [7, 11) is 1.55. The van der Waals surface area contributed by atoms with E-state index in [1.807, 2.05) is 11.0 Å². The molecular weight excluding hydrogens is 787 g/mol. The molecule has 2 aromatic carbocycles. The number of hydrogen-bond acceptors (Lipinski definition) is 12. The topological polar surface area (TPSA) is 171 Å². The van der Waals surface area contributed by atoms with E-state index >= 15 is 4.39 Å². The number of nitrogen functional groups attached to an aromatic ring is 1. The van der Waals surface area contributed by atoms with Gasteiger partial charge in [-0.25, -0.2) is 9.37 Å². The maximum atomic E-state index is 15.9. The normalized spacial score (nSPS) is 23.1. The fraction of sp³-hybridized carbons (Fsp3) is 0.341. The molecule has 1 amide bonds. The highest BCUT2D eigenvalue weighted by atomic mass is 79.9. The van der Waals surface area contributed by atoms with E-state index in [9.17, 15) is 14.9 Å². The van der Waals surface area contributed by atoms with Crippen LogP contribution in [0.3, 0.4) is 0 Å². The third kappa shape index (κ3) is 8.38. The minimum Gasteiger partial charge on any atom is -0.493 e. The molecule has 2 saturated heterocycles. The van der Waals surface area contributed by atoms with Gasteiger partial charge in [0, 0.05) is 79.1 Å². The number of nitriles is 1. The number of carbonyl (C=O) groups is 2. The zero-order valence-corrected chi connectivity index (χ0v) is 32.2. The van der Waals surface area contributed by atoms with Crippen LogP contribution in [-0.4, -0.2) is 98.1 Å². The summed E-state index contributed by atoms with van der Waals surface area (Å²) in [6.07, 6.45) is 10.1. The first kappa shape index (κ1) is 38.9. The minimum atomic E-state index is -1.29. The molecule has 3 N–H and O–H groups in total. The van der Waals surface area contributed by atoms with Crippen molar-refractivity contribution >= 4 is 45.3 Å². The van der Waals surface area contributed by atoms with Crippen molar-refractivity contribution in [3.63, 3.8) is 0 Å². The maximum absolute atomic E-state index is 15.9. The molecule has 3 aromatic rings. The van der Waals surface area contributed by atoms with Gasteiger partial charge in [-0.2, -0.15) is 5.26 Å². The lowest BCUT2D eigenvalue weighted by molar-refractivity contribution is -0.117. The van der Waals surface area contributed by atoms with Gasteiger partial charge in [0.1, 0.15) is 28.7 Å². The number of aromatic nitrogens is 1. The summed E-state index contributed by atoms with van der Waals surface area (Å²) in [5, 5.41) is 13.1. The van der Waals surface area contributed by atoms with Crippen LogP contribution in [0.2, 0.25) is 0 Å². The summed E-state index contributed by atoms with van der Waals surface area (Å²) in [4.78, 5) is 37.1. The van der Waals surface area contributed by atoms with E-state index in [1.165, 1.54) is 30.6 Å². The van der Waals surface area contributed by atoms with Crippen LogP contribution in [0.4, 0.5) is 15.9 Å². The highest BCUT2D eigenvalue weighted by Gasteiger charge is 2.43. The molecule has 0 radical (unpaired) electrons. The van der Waals surface area contributed by atoms with Crippen LogP contribution in [0.5, 0.6) is 11.5 Å². The molecule has 1 unspecified atom stereocenters. The first-order valence-electron chi connectivity index (χ1n) is 18.1. The first-order valence-corrected chi connectivity index (χ1v) is 18.9. The van der Waals surface area contributed by atoms with Gasteiger partial charge in [0.15, 0.2) is 17.3 Å². The number of allylic oxidation sites excluding steroid dienone is 3. The van der Waals surface area contributed by atoms with E-state index in [0.717, 1.165) is 5.56 Å². The number of nitrogens with two attached hydrogens (primary N) is 1. The van der Waals surface area contributed by atoms with Crippen LogP contribution in [0.25, 0.3) is 22.3 Å². The predicted octanol–water partition coefficient (Wildman–Crippen LogP) is 5.63. The number of ether oxygens (including phenoxy) is 5. The number of methoxy groups -OCH3 is 1. The van der Waals surface area contributed by atoms with Gasteiger partial charge < -0.3 is 39.6 Å². The molecular formula is C41H40BrFN6O7. The van der Waals surface area contributed by atoms with E-state index in [-0.39, 0.29) is 42.0 Å². The Labute approximate surface area is 331 Å². The second kappa shape index (κ2) is 16.8. The van der Waals surface area contributed by atoms with Crippen LogP contribution < -0.4 is 20.5 Å². The molecule has 290 valence electrons. The van der Waals surface area contributed by atoms with Gasteiger partial charge >= 0.3 is 0 Å². The number of rotatable bonds is 10. The lowest BCUT2D eigenvalue weighted by Gasteiger charge is -2.42. The fourth-order valence-corrected chi connectivity index (χ4v) is 7.50. The molecule has 0 aliphatic carbocycles. The maximum Gasteiger partial charge on any atom is 0.247 e. The van der Waals surface area contributed by atoms with Crippen molar-refractivity contribution in [2.24, 2.45) is 10.4 Å². The third-order valence-corrected chi connectivity index (χ3v) is 11.0. The Morgan fingerprint density at radius 2 is 1.93 bits per heavy atom. The Bertz CT molecular complexity index is 2170. The van der Waals surface area contributed by atoms with Gasteiger partial charge in [0.2, 0.25) is 5.91 Å². The van der Waals surface area contributed by atoms with Crippen molar-refractivity contribution in [1.82, 2.24) is 9.88 Å². The number of carbonyl (C=O) groups excluding carboxylic acids is 2. The highest BCUT2D eigenvalue weighted by molar-refractivity contribution is 9.10. The Morgan fingerprint density at radius 1 is 1.09 bits per heavy atom. The van der Waals surface area contributed by atoms with Gasteiger partial charge in [-0.05, 0) is 60.9 Å². The molecule has 56 heavy (non-hydrogen) atoms. The van der Waals surface area contributed by atoms with Crippen molar-refractivity contribution < 1.29 is 37.7 Å². The van der Waals surface area contributed by atoms with Crippen LogP contribution >= 0.6 is 15.9 Å². The Balaban J connectivity index is 1.09. The number of pyridine rings is 1. The molecule has 0 bridgehead atoms. The van der Waals surface area contributed by atoms with E-state index in [4.69, 9.17) is 29.4 Å². The van der Waals surface area contributed by atoms with E-state index < -0.39 is 21.5 Å². The van der Waals surface area contributed by atoms with Crippen molar-refractivity contribution in [3.8, 4) is 39.8 Å². The molecule has 4 aliphatic heterocycles. The molecule has 0 spiro atoms. The van der Waals surface area contributed by atoms with E-state index in [2.05, 4.69) is 37.3 Å². The predicted molar refractivity (Wildman–Crippen MR) is 211 cm³/mol. The molecule has 15 heteroatoms. The first-order chi connectivity index (χ1) is 27.1. The SMILES string of the molecule is COc1cc(-c2cnc(N)c(-c3ccc(NC(=O)C4(Br)C=CC(=C5C=NC=CC5=O)N(CC5(C#N)CCOCC5)C4)cc3F)c2)ccc1OC[C@H]1COCCO1. The van der Waals surface area contributed by atoms with Crippen molar-refractivity contribution in [2.45, 2.75) is 23.3 Å². The number of anilines is 2. The van der Waals surface area contributed by atoms with Crippen molar-refractivity contribution in [2.75, 3.05) is 70.9 Å². The summed E-state index contributed by atoms with van der Waals surface area (Å²) in [5.41, 5.74) is 8.61. The Hall–Kier alpha value is -5.40. The van der Waals surface area contributed by atoms with Crippen LogP contribution in [-0.2, 0) is 23.8 Å². The quantitative estimate of drug-likeness (QED) is 0.192. The molecule has 13 nitrogen and oxygen atoms in total. The fourth-order valence-electron chi connectivity index (χ4n) is 6.96. The van der Waals surface area contributed by atoms with Gasteiger partial charge in [0.05, 0.1) is 44.0 Å². The number of benzene rings is 2. The van der Waals surface area contributed by atoms with Crippen LogP contribution in [0.1, 0.15) is 12.8 Å². The number of alkyl halides is 1. The zero-order valence-electron chi connectivity index (χ0n) is 30.6.